The second-order valence-corrected chi connectivity index (χ2v) is 7.39. The number of sulfonamides is 1. The van der Waals surface area contributed by atoms with Gasteiger partial charge < -0.3 is 15.0 Å². The first-order valence-electron chi connectivity index (χ1n) is 7.72. The van der Waals surface area contributed by atoms with E-state index in [2.05, 4.69) is 10.0 Å². The summed E-state index contributed by atoms with van der Waals surface area (Å²) in [6.07, 6.45) is 1.94. The molecule has 2 rings (SSSR count). The molecule has 23 heavy (non-hydrogen) atoms. The first-order valence-corrected chi connectivity index (χ1v) is 9.61. The maximum absolute atomic E-state index is 12.2. The Labute approximate surface area is 137 Å². The van der Waals surface area contributed by atoms with Crippen LogP contribution in [0.25, 0.3) is 0 Å². The average molecular weight is 342 g/mol. The number of nitrogens with one attached hydrogen (secondary N) is 3. The lowest BCUT2D eigenvalue weighted by Crippen LogP contribution is -3.14. The van der Waals surface area contributed by atoms with Crippen molar-refractivity contribution in [2.24, 2.45) is 0 Å². The van der Waals surface area contributed by atoms with Crippen molar-refractivity contribution in [3.8, 4) is 0 Å². The van der Waals surface area contributed by atoms with E-state index in [0.717, 1.165) is 45.5 Å². The van der Waals surface area contributed by atoms with Crippen LogP contribution in [0.5, 0.6) is 0 Å². The molecule has 0 aliphatic carbocycles. The first kappa shape index (κ1) is 17.7. The molecule has 0 unspecified atom stereocenters. The molecule has 1 aliphatic rings. The largest absolute Gasteiger partial charge is 0.370 e. The minimum Gasteiger partial charge on any atom is -0.370 e. The molecule has 1 heterocycles. The van der Waals surface area contributed by atoms with Gasteiger partial charge in [0.05, 0.1) is 37.3 Å². The van der Waals surface area contributed by atoms with Crippen LogP contribution in [0.15, 0.2) is 24.3 Å². The normalized spacial score (nSPS) is 16.0. The summed E-state index contributed by atoms with van der Waals surface area (Å²) in [7, 11) is -3.42. The number of anilines is 1. The zero-order valence-electron chi connectivity index (χ0n) is 13.3. The molecule has 1 fully saturated rings. The Morgan fingerprint density at radius 2 is 1.96 bits per heavy atom. The summed E-state index contributed by atoms with van der Waals surface area (Å²) >= 11 is 0. The van der Waals surface area contributed by atoms with Gasteiger partial charge >= 0.3 is 0 Å². The van der Waals surface area contributed by atoms with Crippen LogP contribution in [0.1, 0.15) is 16.8 Å². The van der Waals surface area contributed by atoms with Gasteiger partial charge in [-0.2, -0.15) is 0 Å². The molecule has 0 radical (unpaired) electrons. The number of hydrogen-bond acceptors (Lipinski definition) is 4. The fraction of sp³-hybridized carbons (Fsp3) is 0.533. The van der Waals surface area contributed by atoms with E-state index >= 15 is 0 Å². The van der Waals surface area contributed by atoms with Crippen molar-refractivity contribution in [2.45, 2.75) is 6.42 Å². The lowest BCUT2D eigenvalue weighted by Gasteiger charge is -2.23. The molecular formula is C15H24N3O4S+. The molecule has 7 nitrogen and oxygen atoms in total. The second kappa shape index (κ2) is 8.28. The van der Waals surface area contributed by atoms with Crippen molar-refractivity contribution in [3.63, 3.8) is 0 Å². The van der Waals surface area contributed by atoms with Gasteiger partial charge in [0, 0.05) is 13.0 Å². The maximum atomic E-state index is 12.2. The Morgan fingerprint density at radius 3 is 2.65 bits per heavy atom. The van der Waals surface area contributed by atoms with Gasteiger partial charge in [0.15, 0.2) is 0 Å². The zero-order chi connectivity index (χ0) is 16.7. The van der Waals surface area contributed by atoms with Crippen molar-refractivity contribution >= 4 is 21.6 Å². The predicted octanol–water partition coefficient (Wildman–Crippen LogP) is -0.907. The van der Waals surface area contributed by atoms with Crippen LogP contribution in [0.4, 0.5) is 5.69 Å². The molecule has 8 heteroatoms. The highest BCUT2D eigenvalue weighted by Crippen LogP contribution is 2.15. The fourth-order valence-electron chi connectivity index (χ4n) is 2.52. The molecule has 3 N–H and O–H groups in total. The Morgan fingerprint density at radius 1 is 1.26 bits per heavy atom. The molecule has 0 atom stereocenters. The molecular weight excluding hydrogens is 318 g/mol. The van der Waals surface area contributed by atoms with Crippen LogP contribution in [0, 0.1) is 0 Å². The fourth-order valence-corrected chi connectivity index (χ4v) is 3.09. The van der Waals surface area contributed by atoms with Crippen molar-refractivity contribution in [1.29, 1.82) is 0 Å². The lowest BCUT2D eigenvalue weighted by atomic mass is 10.1. The minimum absolute atomic E-state index is 0.270. The first-order chi connectivity index (χ1) is 11.0. The van der Waals surface area contributed by atoms with E-state index in [1.165, 1.54) is 4.90 Å². The predicted molar refractivity (Wildman–Crippen MR) is 88.2 cm³/mol. The molecule has 0 aromatic heterocycles. The third kappa shape index (κ3) is 6.17. The average Bonchev–Trinajstić information content (AvgIpc) is 2.51. The molecule has 1 aliphatic heterocycles. The molecule has 128 valence electrons. The van der Waals surface area contributed by atoms with E-state index < -0.39 is 10.0 Å². The third-order valence-electron chi connectivity index (χ3n) is 3.66. The molecule has 0 saturated carbocycles. The Kier molecular flexibility index (Phi) is 6.37. The number of para-hydroxylation sites is 1. The monoisotopic (exact) mass is 342 g/mol. The number of quaternary nitrogens is 1. The van der Waals surface area contributed by atoms with Gasteiger partial charge in [0.1, 0.15) is 13.1 Å². The van der Waals surface area contributed by atoms with Crippen molar-refractivity contribution in [2.75, 3.05) is 50.4 Å². The van der Waals surface area contributed by atoms with Crippen molar-refractivity contribution in [1.82, 2.24) is 5.32 Å². The van der Waals surface area contributed by atoms with Crippen LogP contribution in [0.3, 0.4) is 0 Å². The van der Waals surface area contributed by atoms with Gasteiger partial charge in [0.2, 0.25) is 10.0 Å². The standard InChI is InChI=1S/C15H23N3O4S/c1-23(20,21)17-14-6-3-2-5-13(14)15(19)16-7-4-8-18-9-11-22-12-10-18/h2-3,5-6,17H,4,7-12H2,1H3,(H,16,19)/p+1. The summed E-state index contributed by atoms with van der Waals surface area (Å²) in [5, 5.41) is 2.85. The number of ether oxygens (including phenoxy) is 1. The van der Waals surface area contributed by atoms with Crippen molar-refractivity contribution in [3.05, 3.63) is 29.8 Å². The van der Waals surface area contributed by atoms with Gasteiger partial charge in [-0.15, -0.1) is 0 Å². The van der Waals surface area contributed by atoms with Crippen LogP contribution in [-0.2, 0) is 14.8 Å². The molecule has 0 bridgehead atoms. The van der Waals surface area contributed by atoms with Gasteiger partial charge in [0.25, 0.3) is 5.91 Å². The highest BCUT2D eigenvalue weighted by Gasteiger charge is 2.15. The van der Waals surface area contributed by atoms with Gasteiger partial charge in [-0.1, -0.05) is 12.1 Å². The third-order valence-corrected chi connectivity index (χ3v) is 4.25. The number of carbonyl (C=O) groups excluding carboxylic acids is 1. The molecule has 1 amide bonds. The Hall–Kier alpha value is -1.64. The number of benzene rings is 1. The topological polar surface area (TPSA) is 88.9 Å². The van der Waals surface area contributed by atoms with Gasteiger partial charge in [-0.25, -0.2) is 8.42 Å². The lowest BCUT2D eigenvalue weighted by molar-refractivity contribution is -0.908. The van der Waals surface area contributed by atoms with E-state index in [1.54, 1.807) is 24.3 Å². The van der Waals surface area contributed by atoms with Gasteiger partial charge in [-0.3, -0.25) is 9.52 Å². The summed E-state index contributed by atoms with van der Waals surface area (Å²) in [5.74, 6) is -0.270. The molecule has 1 aromatic rings. The summed E-state index contributed by atoms with van der Waals surface area (Å²) in [5.41, 5.74) is 0.628. The number of carbonyl (C=O) groups is 1. The Bertz CT molecular complexity index is 627. The molecule has 1 saturated heterocycles. The van der Waals surface area contributed by atoms with Crippen LogP contribution in [0.2, 0.25) is 0 Å². The quantitative estimate of drug-likeness (QED) is 0.560. The van der Waals surface area contributed by atoms with Crippen LogP contribution < -0.4 is 14.9 Å². The summed E-state index contributed by atoms with van der Waals surface area (Å²) < 4.78 is 30.4. The Balaban J connectivity index is 1.83. The van der Waals surface area contributed by atoms with E-state index in [4.69, 9.17) is 4.74 Å². The summed E-state index contributed by atoms with van der Waals surface area (Å²) in [6, 6.07) is 6.58. The summed E-state index contributed by atoms with van der Waals surface area (Å²) in [4.78, 5) is 13.7. The minimum atomic E-state index is -3.42. The number of hydrogen-bond donors (Lipinski definition) is 3. The van der Waals surface area contributed by atoms with E-state index in [-0.39, 0.29) is 5.91 Å². The van der Waals surface area contributed by atoms with E-state index in [9.17, 15) is 13.2 Å². The maximum Gasteiger partial charge on any atom is 0.253 e. The van der Waals surface area contributed by atoms with E-state index in [0.29, 0.717) is 17.8 Å². The van der Waals surface area contributed by atoms with Crippen molar-refractivity contribution < 1.29 is 22.8 Å². The summed E-state index contributed by atoms with van der Waals surface area (Å²) in [6.45, 7) is 5.17. The smallest absolute Gasteiger partial charge is 0.253 e. The molecule has 1 aromatic carbocycles. The zero-order valence-corrected chi connectivity index (χ0v) is 14.1. The van der Waals surface area contributed by atoms with Gasteiger partial charge in [-0.05, 0) is 12.1 Å². The highest BCUT2D eigenvalue weighted by molar-refractivity contribution is 7.92. The molecule has 0 spiro atoms. The van der Waals surface area contributed by atoms with E-state index in [1.807, 2.05) is 0 Å². The van der Waals surface area contributed by atoms with Crippen LogP contribution in [-0.4, -0.2) is 60.0 Å². The number of morpholine rings is 1. The SMILES string of the molecule is CS(=O)(=O)Nc1ccccc1C(=O)NCCC[NH+]1CCOCC1. The number of amides is 1. The van der Waals surface area contributed by atoms with Crippen LogP contribution >= 0.6 is 0 Å². The number of rotatable bonds is 7. The second-order valence-electron chi connectivity index (χ2n) is 5.64. The highest BCUT2D eigenvalue weighted by atomic mass is 32.2.